The monoisotopic (exact) mass is 356 g/mol. The Morgan fingerprint density at radius 1 is 1.20 bits per heavy atom. The van der Waals surface area contributed by atoms with Gasteiger partial charge in [-0.2, -0.15) is 10.1 Å². The Kier molecular flexibility index (Phi) is 4.51. The van der Waals surface area contributed by atoms with Crippen LogP contribution in [0, 0.1) is 6.92 Å². The summed E-state index contributed by atoms with van der Waals surface area (Å²) in [7, 11) is 1.45. The van der Waals surface area contributed by atoms with E-state index in [9.17, 15) is 9.90 Å². The molecule has 1 aliphatic heterocycles. The number of anilines is 1. The van der Waals surface area contributed by atoms with Crippen LogP contribution in [0.4, 0.5) is 5.69 Å². The Morgan fingerprint density at radius 3 is 2.52 bits per heavy atom. The lowest BCUT2D eigenvalue weighted by molar-refractivity contribution is -0.114. The fourth-order valence-corrected chi connectivity index (χ4v) is 2.75. The zero-order valence-corrected chi connectivity index (χ0v) is 14.8. The molecule has 0 fully saturated rings. The van der Waals surface area contributed by atoms with E-state index in [0.717, 1.165) is 5.56 Å². The summed E-state index contributed by atoms with van der Waals surface area (Å²) in [6.45, 7) is 3.75. The van der Waals surface area contributed by atoms with Gasteiger partial charge >= 0.3 is 0 Å². The molecule has 128 valence electrons. The minimum absolute atomic E-state index is 0.0564. The number of hydrazone groups is 1. The predicted octanol–water partition coefficient (Wildman–Crippen LogP) is 4.17. The van der Waals surface area contributed by atoms with Gasteiger partial charge < -0.3 is 9.84 Å². The standard InChI is InChI=1S/C19H17ClN2O3/c1-11-4-6-14(7-5-11)22-19(24)15(12(2)21-22)8-13-9-18(25-3)17(23)10-16(13)20/h4-10,23H,1-3H3/b15-8-. The quantitative estimate of drug-likeness (QED) is 0.839. The van der Waals surface area contributed by atoms with Gasteiger partial charge in [-0.15, -0.1) is 0 Å². The summed E-state index contributed by atoms with van der Waals surface area (Å²) in [5, 5.41) is 15.8. The van der Waals surface area contributed by atoms with Gasteiger partial charge in [0.15, 0.2) is 11.5 Å². The number of hydrogen-bond donors (Lipinski definition) is 1. The lowest BCUT2D eigenvalue weighted by Crippen LogP contribution is -2.21. The van der Waals surface area contributed by atoms with Crippen molar-refractivity contribution >= 4 is 35.0 Å². The first kappa shape index (κ1) is 17.0. The third-order valence-corrected chi connectivity index (χ3v) is 4.27. The highest BCUT2D eigenvalue weighted by molar-refractivity contribution is 6.35. The lowest BCUT2D eigenvalue weighted by Gasteiger charge is -2.12. The number of rotatable bonds is 3. The Bertz CT molecular complexity index is 902. The predicted molar refractivity (Wildman–Crippen MR) is 99.4 cm³/mol. The molecule has 0 spiro atoms. The first-order valence-corrected chi connectivity index (χ1v) is 8.03. The molecule has 0 aromatic heterocycles. The molecule has 0 unspecified atom stereocenters. The number of hydrogen-bond acceptors (Lipinski definition) is 4. The molecule has 1 N–H and O–H groups in total. The highest BCUT2D eigenvalue weighted by Gasteiger charge is 2.29. The summed E-state index contributed by atoms with van der Waals surface area (Å²) in [5.41, 5.74) is 3.41. The topological polar surface area (TPSA) is 62.1 Å². The summed E-state index contributed by atoms with van der Waals surface area (Å²) >= 11 is 6.18. The van der Waals surface area contributed by atoms with Crippen LogP contribution in [0.5, 0.6) is 11.5 Å². The van der Waals surface area contributed by atoms with E-state index in [1.165, 1.54) is 18.2 Å². The molecule has 1 amide bonds. The van der Waals surface area contributed by atoms with Gasteiger partial charge in [0.25, 0.3) is 5.91 Å². The smallest absolute Gasteiger partial charge is 0.280 e. The van der Waals surface area contributed by atoms with E-state index in [4.69, 9.17) is 16.3 Å². The lowest BCUT2D eigenvalue weighted by atomic mass is 10.1. The van der Waals surface area contributed by atoms with Crippen LogP contribution in [0.15, 0.2) is 47.1 Å². The van der Waals surface area contributed by atoms with E-state index < -0.39 is 0 Å². The zero-order chi connectivity index (χ0) is 18.1. The van der Waals surface area contributed by atoms with Gasteiger partial charge in [0.2, 0.25) is 0 Å². The summed E-state index contributed by atoms with van der Waals surface area (Å²) in [6.07, 6.45) is 1.65. The molecule has 3 rings (SSSR count). The van der Waals surface area contributed by atoms with E-state index in [-0.39, 0.29) is 17.4 Å². The molecule has 0 radical (unpaired) electrons. The summed E-state index contributed by atoms with van der Waals surface area (Å²) in [4.78, 5) is 12.8. The second-order valence-corrected chi connectivity index (χ2v) is 6.15. The van der Waals surface area contributed by atoms with Gasteiger partial charge in [-0.05, 0) is 43.7 Å². The van der Waals surface area contributed by atoms with Crippen LogP contribution in [0.1, 0.15) is 18.1 Å². The number of nitrogens with zero attached hydrogens (tertiary/aromatic N) is 2. The fourth-order valence-electron chi connectivity index (χ4n) is 2.53. The number of amides is 1. The average Bonchev–Trinajstić information content (AvgIpc) is 2.86. The highest BCUT2D eigenvalue weighted by atomic mass is 35.5. The van der Waals surface area contributed by atoms with Crippen molar-refractivity contribution in [1.29, 1.82) is 0 Å². The molecule has 0 aliphatic carbocycles. The Hall–Kier alpha value is -2.79. The van der Waals surface area contributed by atoms with Gasteiger partial charge in [0.05, 0.1) is 29.1 Å². The van der Waals surface area contributed by atoms with Crippen LogP contribution in [-0.2, 0) is 4.79 Å². The maximum absolute atomic E-state index is 12.8. The Balaban J connectivity index is 1.99. The van der Waals surface area contributed by atoms with Gasteiger partial charge in [-0.25, -0.2) is 0 Å². The van der Waals surface area contributed by atoms with Gasteiger partial charge in [-0.1, -0.05) is 29.3 Å². The third-order valence-electron chi connectivity index (χ3n) is 3.94. The first-order valence-electron chi connectivity index (χ1n) is 7.65. The molecule has 2 aromatic carbocycles. The molecular weight excluding hydrogens is 340 g/mol. The molecule has 1 aliphatic rings. The number of carbonyl (C=O) groups excluding carboxylic acids is 1. The molecule has 1 heterocycles. The zero-order valence-electron chi connectivity index (χ0n) is 14.1. The molecular formula is C19H17ClN2O3. The molecule has 2 aromatic rings. The summed E-state index contributed by atoms with van der Waals surface area (Å²) in [6, 6.07) is 10.5. The van der Waals surface area contributed by atoms with Crippen LogP contribution in [0.25, 0.3) is 6.08 Å². The molecule has 5 nitrogen and oxygen atoms in total. The third kappa shape index (κ3) is 3.23. The van der Waals surface area contributed by atoms with Crippen molar-refractivity contribution in [1.82, 2.24) is 0 Å². The fraction of sp³-hybridized carbons (Fsp3) is 0.158. The van der Waals surface area contributed by atoms with Crippen LogP contribution in [0.2, 0.25) is 5.02 Å². The van der Waals surface area contributed by atoms with E-state index >= 15 is 0 Å². The molecule has 6 heteroatoms. The Labute approximate surface area is 150 Å². The first-order chi connectivity index (χ1) is 11.9. The SMILES string of the molecule is COc1cc(/C=C2\C(=O)N(c3ccc(C)cc3)N=C2C)c(Cl)cc1O. The number of halogens is 1. The van der Waals surface area contributed by atoms with Gasteiger partial charge in [0.1, 0.15) is 0 Å². The van der Waals surface area contributed by atoms with Gasteiger partial charge in [0, 0.05) is 6.07 Å². The minimum Gasteiger partial charge on any atom is -0.504 e. The van der Waals surface area contributed by atoms with E-state index in [1.807, 2.05) is 31.2 Å². The maximum Gasteiger partial charge on any atom is 0.280 e. The number of ether oxygens (including phenoxy) is 1. The highest BCUT2D eigenvalue weighted by Crippen LogP contribution is 2.34. The van der Waals surface area contributed by atoms with Crippen LogP contribution < -0.4 is 9.75 Å². The number of methoxy groups -OCH3 is 1. The number of phenolic OH excluding ortho intramolecular Hbond substituents is 1. The van der Waals surface area contributed by atoms with Crippen molar-refractivity contribution in [2.24, 2.45) is 5.10 Å². The molecule has 0 atom stereocenters. The number of aryl methyl sites for hydroxylation is 1. The minimum atomic E-state index is -0.232. The number of aromatic hydroxyl groups is 1. The second-order valence-electron chi connectivity index (χ2n) is 5.74. The van der Waals surface area contributed by atoms with Crippen molar-refractivity contribution in [3.05, 3.63) is 58.1 Å². The van der Waals surface area contributed by atoms with Crippen molar-refractivity contribution in [2.75, 3.05) is 12.1 Å². The van der Waals surface area contributed by atoms with Crippen molar-refractivity contribution < 1.29 is 14.6 Å². The normalized spacial score (nSPS) is 15.7. The van der Waals surface area contributed by atoms with Crippen molar-refractivity contribution in [2.45, 2.75) is 13.8 Å². The van der Waals surface area contributed by atoms with E-state index in [1.54, 1.807) is 19.1 Å². The van der Waals surface area contributed by atoms with Crippen LogP contribution in [-0.4, -0.2) is 23.8 Å². The molecule has 0 saturated heterocycles. The van der Waals surface area contributed by atoms with Crippen LogP contribution >= 0.6 is 11.6 Å². The number of phenols is 1. The summed E-state index contributed by atoms with van der Waals surface area (Å²) in [5.74, 6) is -0.00444. The van der Waals surface area contributed by atoms with Crippen molar-refractivity contribution in [3.63, 3.8) is 0 Å². The Morgan fingerprint density at radius 2 is 1.88 bits per heavy atom. The largest absolute Gasteiger partial charge is 0.504 e. The van der Waals surface area contributed by atoms with Crippen LogP contribution in [0.3, 0.4) is 0 Å². The van der Waals surface area contributed by atoms with Crippen molar-refractivity contribution in [3.8, 4) is 11.5 Å². The molecule has 25 heavy (non-hydrogen) atoms. The van der Waals surface area contributed by atoms with E-state index in [0.29, 0.717) is 27.6 Å². The van der Waals surface area contributed by atoms with Gasteiger partial charge in [-0.3, -0.25) is 4.79 Å². The molecule has 0 bridgehead atoms. The number of carbonyl (C=O) groups is 1. The maximum atomic E-state index is 12.8. The second kappa shape index (κ2) is 6.61. The summed E-state index contributed by atoms with van der Waals surface area (Å²) < 4.78 is 5.10. The average molecular weight is 357 g/mol. The molecule has 0 saturated carbocycles. The number of benzene rings is 2. The van der Waals surface area contributed by atoms with E-state index in [2.05, 4.69) is 5.10 Å².